The fourth-order valence-corrected chi connectivity index (χ4v) is 3.38. The number of hydrogen-bond donors (Lipinski definition) is 0. The molecule has 0 aliphatic carbocycles. The van der Waals surface area contributed by atoms with Crippen LogP contribution in [0.4, 0.5) is 0 Å². The zero-order valence-corrected chi connectivity index (χ0v) is 16.3. The van der Waals surface area contributed by atoms with Crippen molar-refractivity contribution in [3.63, 3.8) is 0 Å². The van der Waals surface area contributed by atoms with Crippen molar-refractivity contribution in [2.75, 3.05) is 0 Å². The van der Waals surface area contributed by atoms with Gasteiger partial charge in [0.15, 0.2) is 5.58 Å². The second-order valence-electron chi connectivity index (χ2n) is 6.34. The summed E-state index contributed by atoms with van der Waals surface area (Å²) in [6.45, 7) is 5.92. The first kappa shape index (κ1) is 17.9. The minimum absolute atomic E-state index is 0.738. The predicted molar refractivity (Wildman–Crippen MR) is 116 cm³/mol. The maximum atomic E-state index is 6.11. The third kappa shape index (κ3) is 3.16. The van der Waals surface area contributed by atoms with Crippen LogP contribution < -0.4 is 0 Å². The van der Waals surface area contributed by atoms with E-state index in [0.717, 1.165) is 44.7 Å². The van der Waals surface area contributed by atoms with Crippen LogP contribution in [-0.4, -0.2) is 9.97 Å². The third-order valence-corrected chi connectivity index (χ3v) is 4.57. The van der Waals surface area contributed by atoms with E-state index >= 15 is 0 Å². The van der Waals surface area contributed by atoms with E-state index in [2.05, 4.69) is 41.4 Å². The monoisotopic (exact) mass is 366 g/mol. The first-order valence-electron chi connectivity index (χ1n) is 9.61. The van der Waals surface area contributed by atoms with E-state index in [1.165, 1.54) is 5.56 Å². The second kappa shape index (κ2) is 7.65. The van der Waals surface area contributed by atoms with Crippen molar-refractivity contribution < 1.29 is 4.42 Å². The number of hydrogen-bond acceptors (Lipinski definition) is 3. The minimum atomic E-state index is 0.738. The molecule has 0 amide bonds. The van der Waals surface area contributed by atoms with Crippen molar-refractivity contribution >= 4 is 22.1 Å². The summed E-state index contributed by atoms with van der Waals surface area (Å²) >= 11 is 0. The number of para-hydroxylation sites is 1. The van der Waals surface area contributed by atoms with Crippen LogP contribution in [0.2, 0.25) is 0 Å². The maximum Gasteiger partial charge on any atom is 0.180 e. The lowest BCUT2D eigenvalue weighted by molar-refractivity contribution is 0.666. The normalized spacial score (nSPS) is 10.7. The van der Waals surface area contributed by atoms with Crippen molar-refractivity contribution in [2.45, 2.75) is 20.8 Å². The highest BCUT2D eigenvalue weighted by Gasteiger charge is 2.16. The fraction of sp³-hybridized carbons (Fsp3) is 0.120. The van der Waals surface area contributed by atoms with Gasteiger partial charge in [-0.3, -0.25) is 0 Å². The van der Waals surface area contributed by atoms with Gasteiger partial charge in [0.05, 0.1) is 0 Å². The van der Waals surface area contributed by atoms with Crippen LogP contribution in [0.3, 0.4) is 0 Å². The number of aromatic nitrogens is 2. The standard InChI is InChI=1S/C23H16N2O.C2H6/c1-15-24-21(23-22(25-15)19-12-5-6-13-20(19)26-23)18-11-7-10-17(14-18)16-8-3-2-4-9-16;1-2/h2-14H,1H3;1-2H3. The molecule has 0 aliphatic heterocycles. The van der Waals surface area contributed by atoms with Gasteiger partial charge in [0.2, 0.25) is 0 Å². The number of benzene rings is 3. The average molecular weight is 366 g/mol. The van der Waals surface area contributed by atoms with Crippen LogP contribution >= 0.6 is 0 Å². The molecule has 2 aromatic heterocycles. The lowest BCUT2D eigenvalue weighted by Gasteiger charge is -2.06. The van der Waals surface area contributed by atoms with Gasteiger partial charge in [-0.15, -0.1) is 0 Å². The largest absolute Gasteiger partial charge is 0.452 e. The molecular weight excluding hydrogens is 344 g/mol. The van der Waals surface area contributed by atoms with Crippen LogP contribution in [0.25, 0.3) is 44.5 Å². The quantitative estimate of drug-likeness (QED) is 0.336. The molecule has 0 bridgehead atoms. The lowest BCUT2D eigenvalue weighted by Crippen LogP contribution is -1.92. The zero-order valence-electron chi connectivity index (χ0n) is 16.3. The van der Waals surface area contributed by atoms with Gasteiger partial charge < -0.3 is 4.42 Å². The molecule has 3 aromatic carbocycles. The Balaban J connectivity index is 0.000000932. The Morgan fingerprint density at radius 3 is 2.18 bits per heavy atom. The molecule has 0 unspecified atom stereocenters. The molecule has 3 heteroatoms. The highest BCUT2D eigenvalue weighted by Crippen LogP contribution is 2.34. The van der Waals surface area contributed by atoms with Crippen molar-refractivity contribution in [1.29, 1.82) is 0 Å². The summed E-state index contributed by atoms with van der Waals surface area (Å²) < 4.78 is 6.11. The summed E-state index contributed by atoms with van der Waals surface area (Å²) in [5, 5.41) is 1.02. The first-order chi connectivity index (χ1) is 13.8. The van der Waals surface area contributed by atoms with Gasteiger partial charge >= 0.3 is 0 Å². The molecule has 3 nitrogen and oxygen atoms in total. The Morgan fingerprint density at radius 2 is 1.36 bits per heavy atom. The average Bonchev–Trinajstić information content (AvgIpc) is 3.14. The summed E-state index contributed by atoms with van der Waals surface area (Å²) in [6, 6.07) is 26.7. The van der Waals surface area contributed by atoms with Crippen molar-refractivity contribution in [2.24, 2.45) is 0 Å². The molecule has 5 rings (SSSR count). The molecule has 2 heterocycles. The van der Waals surface area contributed by atoms with Crippen LogP contribution in [0, 0.1) is 6.92 Å². The minimum Gasteiger partial charge on any atom is -0.452 e. The Hall–Kier alpha value is -3.46. The molecule has 28 heavy (non-hydrogen) atoms. The smallest absolute Gasteiger partial charge is 0.180 e. The Morgan fingerprint density at radius 1 is 0.679 bits per heavy atom. The number of furan rings is 1. The molecule has 0 saturated heterocycles. The first-order valence-corrected chi connectivity index (χ1v) is 9.61. The van der Waals surface area contributed by atoms with E-state index in [4.69, 9.17) is 9.40 Å². The SMILES string of the molecule is CC.Cc1nc(-c2cccc(-c3ccccc3)c2)c2oc3ccccc3c2n1. The molecule has 0 N–H and O–H groups in total. The van der Waals surface area contributed by atoms with E-state index in [1.807, 2.05) is 63.2 Å². The summed E-state index contributed by atoms with van der Waals surface area (Å²) in [6.07, 6.45) is 0. The highest BCUT2D eigenvalue weighted by atomic mass is 16.3. The predicted octanol–water partition coefficient (Wildman–Crippen LogP) is 7.04. The van der Waals surface area contributed by atoms with E-state index < -0.39 is 0 Å². The maximum absolute atomic E-state index is 6.11. The van der Waals surface area contributed by atoms with Gasteiger partial charge in [-0.1, -0.05) is 74.5 Å². The Labute approximate surface area is 164 Å². The molecule has 0 radical (unpaired) electrons. The number of fused-ring (bicyclic) bond motifs is 3. The molecule has 0 spiro atoms. The highest BCUT2D eigenvalue weighted by molar-refractivity contribution is 6.06. The van der Waals surface area contributed by atoms with Crippen LogP contribution in [0.15, 0.2) is 83.3 Å². The van der Waals surface area contributed by atoms with E-state index in [-0.39, 0.29) is 0 Å². The van der Waals surface area contributed by atoms with Gasteiger partial charge in [-0.2, -0.15) is 0 Å². The summed E-state index contributed by atoms with van der Waals surface area (Å²) in [7, 11) is 0. The number of aryl methyl sites for hydroxylation is 1. The molecule has 138 valence electrons. The molecule has 0 aliphatic rings. The Kier molecular flexibility index (Phi) is 4.90. The molecule has 0 atom stereocenters. The summed E-state index contributed by atoms with van der Waals surface area (Å²) in [5.41, 5.74) is 6.64. The topological polar surface area (TPSA) is 38.9 Å². The second-order valence-corrected chi connectivity index (χ2v) is 6.34. The zero-order chi connectivity index (χ0) is 19.5. The molecular formula is C25H22N2O. The van der Waals surface area contributed by atoms with Crippen molar-refractivity contribution in [3.8, 4) is 22.4 Å². The summed E-state index contributed by atoms with van der Waals surface area (Å²) in [5.74, 6) is 0.740. The fourth-order valence-electron chi connectivity index (χ4n) is 3.38. The summed E-state index contributed by atoms with van der Waals surface area (Å²) in [4.78, 5) is 9.32. The van der Waals surface area contributed by atoms with E-state index in [9.17, 15) is 0 Å². The van der Waals surface area contributed by atoms with Crippen molar-refractivity contribution in [1.82, 2.24) is 9.97 Å². The van der Waals surface area contributed by atoms with E-state index in [1.54, 1.807) is 0 Å². The van der Waals surface area contributed by atoms with Gasteiger partial charge in [-0.25, -0.2) is 9.97 Å². The van der Waals surface area contributed by atoms with Gasteiger partial charge in [-0.05, 0) is 36.2 Å². The van der Waals surface area contributed by atoms with Gasteiger partial charge in [0.1, 0.15) is 22.6 Å². The van der Waals surface area contributed by atoms with Crippen LogP contribution in [0.1, 0.15) is 19.7 Å². The van der Waals surface area contributed by atoms with Gasteiger partial charge in [0, 0.05) is 10.9 Å². The lowest BCUT2D eigenvalue weighted by atomic mass is 10.0. The Bertz CT molecular complexity index is 1240. The van der Waals surface area contributed by atoms with E-state index in [0.29, 0.717) is 0 Å². The van der Waals surface area contributed by atoms with Crippen LogP contribution in [0.5, 0.6) is 0 Å². The van der Waals surface area contributed by atoms with Gasteiger partial charge in [0.25, 0.3) is 0 Å². The van der Waals surface area contributed by atoms with Crippen LogP contribution in [-0.2, 0) is 0 Å². The molecule has 0 fully saturated rings. The van der Waals surface area contributed by atoms with Crippen molar-refractivity contribution in [3.05, 3.63) is 84.7 Å². The molecule has 5 aromatic rings. The molecule has 0 saturated carbocycles. The number of rotatable bonds is 2. The third-order valence-electron chi connectivity index (χ3n) is 4.57. The number of nitrogens with zero attached hydrogens (tertiary/aromatic N) is 2.